The molecule has 3 rings (SSSR count). The van der Waals surface area contributed by atoms with Gasteiger partial charge in [0.05, 0.1) is 16.3 Å². The van der Waals surface area contributed by atoms with Crippen LogP contribution in [0.25, 0.3) is 10.2 Å². The normalized spacial score (nSPS) is 12.7. The van der Waals surface area contributed by atoms with E-state index in [-0.39, 0.29) is 11.9 Å². The first-order chi connectivity index (χ1) is 10.3. The molecule has 1 atom stereocenters. The van der Waals surface area contributed by atoms with Gasteiger partial charge in [-0.2, -0.15) is 0 Å². The number of thiazole rings is 1. The lowest BCUT2D eigenvalue weighted by atomic mass is 10.1. The molecule has 0 spiro atoms. The van der Waals surface area contributed by atoms with E-state index in [0.717, 1.165) is 29.1 Å². The number of nitrogens with zero attached hydrogens (tertiary/aromatic N) is 1. The van der Waals surface area contributed by atoms with Gasteiger partial charge in [0.2, 0.25) is 0 Å². The van der Waals surface area contributed by atoms with Gasteiger partial charge >= 0.3 is 0 Å². The van der Waals surface area contributed by atoms with E-state index in [9.17, 15) is 4.39 Å². The van der Waals surface area contributed by atoms with Gasteiger partial charge in [-0.3, -0.25) is 0 Å². The third-order valence-corrected chi connectivity index (χ3v) is 4.54. The van der Waals surface area contributed by atoms with Crippen LogP contribution in [0, 0.1) is 5.82 Å². The van der Waals surface area contributed by atoms with Crippen LogP contribution in [0.5, 0.6) is 0 Å². The molecule has 2 nitrogen and oxygen atoms in total. The summed E-state index contributed by atoms with van der Waals surface area (Å²) in [4.78, 5) is 4.71. The van der Waals surface area contributed by atoms with E-state index < -0.39 is 0 Å². The molecule has 0 amide bonds. The average molecular weight is 300 g/mol. The Hall–Kier alpha value is -1.78. The topological polar surface area (TPSA) is 24.9 Å². The molecule has 0 aliphatic heterocycles. The largest absolute Gasteiger partial charge is 0.308 e. The Labute approximate surface area is 127 Å². The van der Waals surface area contributed by atoms with Crippen LogP contribution in [0.15, 0.2) is 48.5 Å². The van der Waals surface area contributed by atoms with Gasteiger partial charge in [0.15, 0.2) is 0 Å². The highest BCUT2D eigenvalue weighted by Crippen LogP contribution is 2.28. The molecule has 2 aromatic carbocycles. The summed E-state index contributed by atoms with van der Waals surface area (Å²) in [6.45, 7) is 2.93. The second-order valence-corrected chi connectivity index (χ2v) is 6.03. The maximum atomic E-state index is 13.3. The monoisotopic (exact) mass is 300 g/mol. The van der Waals surface area contributed by atoms with Crippen molar-refractivity contribution in [3.05, 3.63) is 64.9 Å². The third-order valence-electron chi connectivity index (χ3n) is 3.39. The van der Waals surface area contributed by atoms with Crippen molar-refractivity contribution in [2.75, 3.05) is 6.54 Å². The summed E-state index contributed by atoms with van der Waals surface area (Å²) in [5.41, 5.74) is 2.01. The molecule has 3 aromatic rings. The molecule has 4 heteroatoms. The molecule has 0 radical (unpaired) electrons. The predicted octanol–water partition coefficient (Wildman–Crippen LogP) is 4.33. The maximum Gasteiger partial charge on any atom is 0.123 e. The fourth-order valence-corrected chi connectivity index (χ4v) is 3.48. The van der Waals surface area contributed by atoms with Crippen molar-refractivity contribution in [2.24, 2.45) is 0 Å². The number of para-hydroxylation sites is 1. The fraction of sp³-hybridized carbons (Fsp3) is 0.235. The minimum Gasteiger partial charge on any atom is -0.308 e. The molecule has 0 aliphatic carbocycles. The summed E-state index contributed by atoms with van der Waals surface area (Å²) in [6, 6.07) is 15.0. The molecule has 21 heavy (non-hydrogen) atoms. The summed E-state index contributed by atoms with van der Waals surface area (Å²) in [6.07, 6.45) is 0.741. The number of benzene rings is 2. The van der Waals surface area contributed by atoms with Crippen LogP contribution in [0.1, 0.15) is 23.5 Å². The second kappa shape index (κ2) is 6.33. The zero-order valence-corrected chi connectivity index (χ0v) is 12.7. The van der Waals surface area contributed by atoms with Crippen LogP contribution in [0.2, 0.25) is 0 Å². The number of likely N-dealkylation sites (N-methyl/N-ethyl adjacent to an activating group) is 1. The molecule has 1 aromatic heterocycles. The van der Waals surface area contributed by atoms with Crippen LogP contribution >= 0.6 is 11.3 Å². The molecule has 1 heterocycles. The van der Waals surface area contributed by atoms with Crippen molar-refractivity contribution in [1.29, 1.82) is 0 Å². The third kappa shape index (κ3) is 3.28. The highest BCUT2D eigenvalue weighted by atomic mass is 32.1. The van der Waals surface area contributed by atoms with Crippen LogP contribution in [-0.2, 0) is 6.42 Å². The molecule has 108 valence electrons. The lowest BCUT2D eigenvalue weighted by molar-refractivity contribution is 0.545. The number of rotatable bonds is 5. The van der Waals surface area contributed by atoms with Crippen LogP contribution in [0.3, 0.4) is 0 Å². The minimum atomic E-state index is -0.188. The van der Waals surface area contributed by atoms with Gasteiger partial charge in [-0.25, -0.2) is 9.37 Å². The summed E-state index contributed by atoms with van der Waals surface area (Å²) < 4.78 is 14.5. The number of hydrogen-bond donors (Lipinski definition) is 1. The molecule has 0 fully saturated rings. The van der Waals surface area contributed by atoms with Gasteiger partial charge in [-0.05, 0) is 42.8 Å². The lowest BCUT2D eigenvalue weighted by Gasteiger charge is -2.15. The van der Waals surface area contributed by atoms with Crippen LogP contribution in [-0.4, -0.2) is 11.5 Å². The molecule has 1 unspecified atom stereocenters. The van der Waals surface area contributed by atoms with E-state index in [1.165, 1.54) is 10.8 Å². The van der Waals surface area contributed by atoms with E-state index in [4.69, 9.17) is 4.98 Å². The Balaban J connectivity index is 1.90. The Morgan fingerprint density at radius 3 is 2.81 bits per heavy atom. The SMILES string of the molecule is CCNC(Cc1cccc(F)c1)c1nc2ccccc2s1. The van der Waals surface area contributed by atoms with Crippen molar-refractivity contribution in [3.8, 4) is 0 Å². The van der Waals surface area contributed by atoms with Gasteiger partial charge in [0.25, 0.3) is 0 Å². The van der Waals surface area contributed by atoms with Crippen molar-refractivity contribution >= 4 is 21.6 Å². The second-order valence-electron chi connectivity index (χ2n) is 4.96. The van der Waals surface area contributed by atoms with Gasteiger partial charge in [-0.1, -0.05) is 31.2 Å². The van der Waals surface area contributed by atoms with Gasteiger partial charge in [0.1, 0.15) is 10.8 Å². The quantitative estimate of drug-likeness (QED) is 0.758. The Morgan fingerprint density at radius 1 is 1.19 bits per heavy atom. The van der Waals surface area contributed by atoms with Crippen molar-refractivity contribution in [2.45, 2.75) is 19.4 Å². The number of aromatic nitrogens is 1. The summed E-state index contributed by atoms with van der Waals surface area (Å²) in [7, 11) is 0. The molecule has 1 N–H and O–H groups in total. The molecular formula is C17H17FN2S. The summed E-state index contributed by atoms with van der Waals surface area (Å²) in [5, 5.41) is 4.51. The average Bonchev–Trinajstić information content (AvgIpc) is 2.91. The molecule has 0 saturated carbocycles. The predicted molar refractivity (Wildman–Crippen MR) is 86.1 cm³/mol. The van der Waals surface area contributed by atoms with Crippen molar-refractivity contribution in [1.82, 2.24) is 10.3 Å². The number of hydrogen-bond acceptors (Lipinski definition) is 3. The van der Waals surface area contributed by atoms with E-state index in [1.807, 2.05) is 24.3 Å². The first kappa shape index (κ1) is 14.2. The molecule has 0 saturated heterocycles. The summed E-state index contributed by atoms with van der Waals surface area (Å²) >= 11 is 1.70. The Morgan fingerprint density at radius 2 is 2.05 bits per heavy atom. The maximum absolute atomic E-state index is 13.3. The Bertz CT molecular complexity index is 705. The number of nitrogens with one attached hydrogen (secondary N) is 1. The van der Waals surface area contributed by atoms with E-state index >= 15 is 0 Å². The number of fused-ring (bicyclic) bond motifs is 1. The highest BCUT2D eigenvalue weighted by Gasteiger charge is 2.16. The number of halogens is 1. The fourth-order valence-electron chi connectivity index (χ4n) is 2.43. The summed E-state index contributed by atoms with van der Waals surface area (Å²) in [5.74, 6) is -0.188. The zero-order valence-electron chi connectivity index (χ0n) is 11.8. The van der Waals surface area contributed by atoms with Gasteiger partial charge in [-0.15, -0.1) is 11.3 Å². The molecular weight excluding hydrogens is 283 g/mol. The standard InChI is InChI=1S/C17H17FN2S/c1-2-19-15(11-12-6-5-7-13(18)10-12)17-20-14-8-3-4-9-16(14)21-17/h3-10,15,19H,2,11H2,1H3. The van der Waals surface area contributed by atoms with E-state index in [2.05, 4.69) is 18.3 Å². The van der Waals surface area contributed by atoms with Crippen molar-refractivity contribution < 1.29 is 4.39 Å². The smallest absolute Gasteiger partial charge is 0.123 e. The van der Waals surface area contributed by atoms with Crippen molar-refractivity contribution in [3.63, 3.8) is 0 Å². The first-order valence-electron chi connectivity index (χ1n) is 7.09. The first-order valence-corrected chi connectivity index (χ1v) is 7.91. The molecule has 0 aliphatic rings. The van der Waals surface area contributed by atoms with Gasteiger partial charge in [0, 0.05) is 0 Å². The zero-order chi connectivity index (χ0) is 14.7. The highest BCUT2D eigenvalue weighted by molar-refractivity contribution is 7.18. The van der Waals surface area contributed by atoms with E-state index in [1.54, 1.807) is 23.5 Å². The van der Waals surface area contributed by atoms with Crippen LogP contribution in [0.4, 0.5) is 4.39 Å². The van der Waals surface area contributed by atoms with Crippen LogP contribution < -0.4 is 5.32 Å². The van der Waals surface area contributed by atoms with Gasteiger partial charge < -0.3 is 5.32 Å². The molecule has 0 bridgehead atoms. The van der Waals surface area contributed by atoms with E-state index in [0.29, 0.717) is 0 Å². The Kier molecular flexibility index (Phi) is 4.27. The lowest BCUT2D eigenvalue weighted by Crippen LogP contribution is -2.22. The minimum absolute atomic E-state index is 0.120.